The second-order valence-electron chi connectivity index (χ2n) is 2.62. The Morgan fingerprint density at radius 3 is 2.20 bits per heavy atom. The molecule has 0 bridgehead atoms. The molecule has 0 radical (unpaired) electrons. The minimum absolute atomic E-state index is 0.206. The van der Waals surface area contributed by atoms with Gasteiger partial charge in [-0.15, -0.1) is 0 Å². The van der Waals surface area contributed by atoms with Gasteiger partial charge in [-0.2, -0.15) is 8.78 Å². The lowest BCUT2D eigenvalue weighted by atomic mass is 9.80. The second-order valence-corrected chi connectivity index (χ2v) is 2.62. The van der Waals surface area contributed by atoms with Crippen molar-refractivity contribution in [3.63, 3.8) is 0 Å². The Morgan fingerprint density at radius 2 is 2.10 bits per heavy atom. The number of hydrogen-bond donors (Lipinski definition) is 1. The normalized spacial score (nSPS) is 22.8. The van der Waals surface area contributed by atoms with E-state index >= 15 is 0 Å². The molecule has 0 aromatic carbocycles. The number of ether oxygens (including phenoxy) is 1. The number of hydrogen-bond acceptors (Lipinski definition) is 2. The molecule has 0 saturated heterocycles. The predicted molar refractivity (Wildman–Crippen MR) is 32.7 cm³/mol. The standard InChI is InChI=1S/C6H11F2NO/c7-5(8)10-6(4-9)2-1-3-6/h5H,1-4,9H2. The third-order valence-electron chi connectivity index (χ3n) is 1.98. The van der Waals surface area contributed by atoms with Crippen molar-refractivity contribution in [2.24, 2.45) is 5.73 Å². The van der Waals surface area contributed by atoms with E-state index in [1.165, 1.54) is 0 Å². The first-order valence-electron chi connectivity index (χ1n) is 3.35. The first kappa shape index (κ1) is 7.88. The number of nitrogens with two attached hydrogens (primary N) is 1. The van der Waals surface area contributed by atoms with Crippen LogP contribution in [0, 0.1) is 0 Å². The van der Waals surface area contributed by atoms with Crippen LogP contribution < -0.4 is 5.73 Å². The van der Waals surface area contributed by atoms with Crippen molar-refractivity contribution < 1.29 is 13.5 Å². The summed E-state index contributed by atoms with van der Waals surface area (Å²) >= 11 is 0. The summed E-state index contributed by atoms with van der Waals surface area (Å²) in [5.74, 6) is 0. The smallest absolute Gasteiger partial charge is 0.328 e. The molecular formula is C6H11F2NO. The van der Waals surface area contributed by atoms with E-state index in [0.29, 0.717) is 12.8 Å². The fraction of sp³-hybridized carbons (Fsp3) is 1.00. The molecule has 60 valence electrons. The summed E-state index contributed by atoms with van der Waals surface area (Å²) in [6, 6.07) is 0. The first-order valence-corrected chi connectivity index (χ1v) is 3.35. The van der Waals surface area contributed by atoms with Gasteiger partial charge in [-0.05, 0) is 19.3 Å². The highest BCUT2D eigenvalue weighted by molar-refractivity contribution is 4.90. The van der Waals surface area contributed by atoms with Gasteiger partial charge >= 0.3 is 6.61 Å². The van der Waals surface area contributed by atoms with Gasteiger partial charge in [0.2, 0.25) is 0 Å². The Bertz CT molecular complexity index is 109. The Kier molecular flexibility index (Phi) is 2.21. The first-order chi connectivity index (χ1) is 4.68. The van der Waals surface area contributed by atoms with Gasteiger partial charge in [0.05, 0.1) is 5.60 Å². The molecule has 4 heteroatoms. The molecule has 1 aliphatic carbocycles. The van der Waals surface area contributed by atoms with Crippen molar-refractivity contribution in [1.82, 2.24) is 0 Å². The summed E-state index contributed by atoms with van der Waals surface area (Å²) < 4.78 is 27.7. The minimum atomic E-state index is -2.68. The highest BCUT2D eigenvalue weighted by atomic mass is 19.3. The molecule has 1 saturated carbocycles. The van der Waals surface area contributed by atoms with Gasteiger partial charge in [-0.3, -0.25) is 0 Å². The van der Waals surface area contributed by atoms with Crippen LogP contribution in [0.1, 0.15) is 19.3 Å². The van der Waals surface area contributed by atoms with Crippen molar-refractivity contribution in [3.8, 4) is 0 Å². The van der Waals surface area contributed by atoms with E-state index in [9.17, 15) is 8.78 Å². The molecule has 1 fully saturated rings. The second kappa shape index (κ2) is 2.80. The van der Waals surface area contributed by atoms with E-state index in [0.717, 1.165) is 6.42 Å². The van der Waals surface area contributed by atoms with Crippen molar-refractivity contribution >= 4 is 0 Å². The van der Waals surface area contributed by atoms with Crippen LogP contribution in [0.3, 0.4) is 0 Å². The lowest BCUT2D eigenvalue weighted by molar-refractivity contribution is -0.229. The van der Waals surface area contributed by atoms with E-state index < -0.39 is 12.2 Å². The maximum atomic E-state index is 11.7. The molecule has 0 atom stereocenters. The fourth-order valence-corrected chi connectivity index (χ4v) is 1.13. The highest BCUT2D eigenvalue weighted by Crippen LogP contribution is 2.35. The molecule has 10 heavy (non-hydrogen) atoms. The molecule has 0 heterocycles. The maximum absolute atomic E-state index is 11.7. The van der Waals surface area contributed by atoms with Gasteiger partial charge in [0, 0.05) is 6.54 Å². The topological polar surface area (TPSA) is 35.2 Å². The largest absolute Gasteiger partial charge is 0.345 e. The molecule has 0 unspecified atom stereocenters. The van der Waals surface area contributed by atoms with Crippen LogP contribution >= 0.6 is 0 Å². The minimum Gasteiger partial charge on any atom is -0.328 e. The quantitative estimate of drug-likeness (QED) is 0.655. The van der Waals surface area contributed by atoms with Gasteiger partial charge in [-0.25, -0.2) is 0 Å². The Labute approximate surface area is 58.3 Å². The molecular weight excluding hydrogens is 140 g/mol. The van der Waals surface area contributed by atoms with Gasteiger partial charge < -0.3 is 10.5 Å². The van der Waals surface area contributed by atoms with Crippen LogP contribution in [0.15, 0.2) is 0 Å². The van der Waals surface area contributed by atoms with Crippen LogP contribution in [-0.2, 0) is 4.74 Å². The van der Waals surface area contributed by atoms with Gasteiger partial charge in [0.15, 0.2) is 0 Å². The van der Waals surface area contributed by atoms with Crippen LogP contribution in [-0.4, -0.2) is 18.8 Å². The van der Waals surface area contributed by atoms with Crippen LogP contribution in [0.5, 0.6) is 0 Å². The molecule has 1 aliphatic rings. The zero-order valence-corrected chi connectivity index (χ0v) is 5.65. The summed E-state index contributed by atoms with van der Waals surface area (Å²) in [4.78, 5) is 0. The predicted octanol–water partition coefficient (Wildman–Crippen LogP) is 1.11. The van der Waals surface area contributed by atoms with E-state index in [1.807, 2.05) is 0 Å². The summed E-state index contributed by atoms with van der Waals surface area (Å²) in [5.41, 5.74) is 4.57. The lowest BCUT2D eigenvalue weighted by Crippen LogP contribution is -2.47. The molecule has 1 rings (SSSR count). The van der Waals surface area contributed by atoms with E-state index in [1.54, 1.807) is 0 Å². The molecule has 0 spiro atoms. The number of alkyl halides is 2. The summed E-state index contributed by atoms with van der Waals surface area (Å²) in [6.07, 6.45) is 2.30. The third-order valence-corrected chi connectivity index (χ3v) is 1.98. The Balaban J connectivity index is 2.33. The average molecular weight is 151 g/mol. The maximum Gasteiger partial charge on any atom is 0.345 e. The third kappa shape index (κ3) is 1.44. The van der Waals surface area contributed by atoms with Crippen LogP contribution in [0.25, 0.3) is 0 Å². The van der Waals surface area contributed by atoms with Gasteiger partial charge in [0.25, 0.3) is 0 Å². The summed E-state index contributed by atoms with van der Waals surface area (Å²) in [7, 11) is 0. The van der Waals surface area contributed by atoms with Gasteiger partial charge in [-0.1, -0.05) is 0 Å². The van der Waals surface area contributed by atoms with Crippen molar-refractivity contribution in [1.29, 1.82) is 0 Å². The van der Waals surface area contributed by atoms with Crippen LogP contribution in [0.2, 0.25) is 0 Å². The highest BCUT2D eigenvalue weighted by Gasteiger charge is 2.39. The van der Waals surface area contributed by atoms with Crippen LogP contribution in [0.4, 0.5) is 8.78 Å². The van der Waals surface area contributed by atoms with E-state index in [-0.39, 0.29) is 6.54 Å². The molecule has 0 amide bonds. The zero-order chi connectivity index (χ0) is 7.61. The van der Waals surface area contributed by atoms with Crippen molar-refractivity contribution in [2.75, 3.05) is 6.54 Å². The molecule has 0 aromatic rings. The molecule has 2 N–H and O–H groups in total. The SMILES string of the molecule is NCC1(OC(F)F)CCC1. The number of rotatable bonds is 3. The van der Waals surface area contributed by atoms with E-state index in [2.05, 4.69) is 4.74 Å². The van der Waals surface area contributed by atoms with E-state index in [4.69, 9.17) is 5.73 Å². The Morgan fingerprint density at radius 1 is 1.50 bits per heavy atom. The summed E-state index contributed by atoms with van der Waals surface area (Å²) in [6.45, 7) is -2.47. The number of halogens is 2. The molecule has 0 aliphatic heterocycles. The summed E-state index contributed by atoms with van der Waals surface area (Å²) in [5, 5.41) is 0. The monoisotopic (exact) mass is 151 g/mol. The Hall–Kier alpha value is -0.220. The van der Waals surface area contributed by atoms with Crippen molar-refractivity contribution in [3.05, 3.63) is 0 Å². The average Bonchev–Trinajstić information content (AvgIpc) is 1.78. The fourth-order valence-electron chi connectivity index (χ4n) is 1.13. The molecule has 0 aromatic heterocycles. The lowest BCUT2D eigenvalue weighted by Gasteiger charge is -2.39. The van der Waals surface area contributed by atoms with Crippen molar-refractivity contribution in [2.45, 2.75) is 31.5 Å². The zero-order valence-electron chi connectivity index (χ0n) is 5.65. The van der Waals surface area contributed by atoms with Gasteiger partial charge in [0.1, 0.15) is 0 Å². The molecule has 2 nitrogen and oxygen atoms in total.